The Hall–Kier alpha value is -0.260. The molecule has 0 aliphatic heterocycles. The van der Waals surface area contributed by atoms with Crippen molar-refractivity contribution in [3.8, 4) is 0 Å². The molecule has 0 aliphatic carbocycles. The van der Waals surface area contributed by atoms with Crippen molar-refractivity contribution < 1.29 is 9.53 Å². The van der Waals surface area contributed by atoms with Gasteiger partial charge >= 0.3 is 5.97 Å². The van der Waals surface area contributed by atoms with Crippen molar-refractivity contribution >= 4 is 18.6 Å². The van der Waals surface area contributed by atoms with Crippen molar-refractivity contribution in [1.82, 2.24) is 0 Å². The first kappa shape index (κ1) is 11.7. The molecule has 0 saturated carbocycles. The van der Waals surface area contributed by atoms with Gasteiger partial charge in [-0.15, -0.1) is 0 Å². The fourth-order valence-corrected chi connectivity index (χ4v) is 0.559. The average molecular weight is 192 g/mol. The van der Waals surface area contributed by atoms with E-state index in [2.05, 4.69) is 12.6 Å². The molecule has 0 aromatic heterocycles. The van der Waals surface area contributed by atoms with E-state index in [1.54, 1.807) is 13.8 Å². The highest BCUT2D eigenvalue weighted by Gasteiger charge is 2.29. The van der Waals surface area contributed by atoms with Crippen LogP contribution < -0.4 is 11.5 Å². The molecule has 0 saturated heterocycles. The van der Waals surface area contributed by atoms with Crippen LogP contribution in [-0.4, -0.2) is 29.9 Å². The Labute approximate surface area is 78.0 Å². The molecule has 5 heteroatoms. The largest absolute Gasteiger partial charge is 0.460 e. The van der Waals surface area contributed by atoms with E-state index in [-0.39, 0.29) is 11.9 Å². The van der Waals surface area contributed by atoms with E-state index in [9.17, 15) is 4.79 Å². The van der Waals surface area contributed by atoms with E-state index in [4.69, 9.17) is 16.2 Å². The Morgan fingerprint density at radius 2 is 2.25 bits per heavy atom. The van der Waals surface area contributed by atoms with Crippen LogP contribution in [0.15, 0.2) is 0 Å². The monoisotopic (exact) mass is 192 g/mol. The van der Waals surface area contributed by atoms with Crippen LogP contribution in [0.25, 0.3) is 0 Å². The van der Waals surface area contributed by atoms with Gasteiger partial charge in [-0.1, -0.05) is 0 Å². The molecule has 4 N–H and O–H groups in total. The molecule has 0 fully saturated rings. The molecule has 0 aromatic carbocycles. The number of rotatable bonds is 4. The van der Waals surface area contributed by atoms with E-state index in [0.29, 0.717) is 6.54 Å². The Morgan fingerprint density at radius 3 is 2.58 bits per heavy atom. The van der Waals surface area contributed by atoms with Crippen molar-refractivity contribution in [3.63, 3.8) is 0 Å². The second kappa shape index (κ2) is 4.69. The fraction of sp³-hybridized carbons (Fsp3) is 0.857. The van der Waals surface area contributed by atoms with Crippen LogP contribution in [0.2, 0.25) is 0 Å². The van der Waals surface area contributed by atoms with Crippen molar-refractivity contribution in [2.75, 3.05) is 12.3 Å². The minimum absolute atomic E-state index is 0.253. The van der Waals surface area contributed by atoms with Gasteiger partial charge in [0.25, 0.3) is 0 Å². The molecular formula is C7H16N2O2S. The lowest BCUT2D eigenvalue weighted by molar-refractivity contribution is -0.152. The molecule has 0 rings (SSSR count). The van der Waals surface area contributed by atoms with Crippen LogP contribution in [0.5, 0.6) is 0 Å². The zero-order chi connectivity index (χ0) is 9.78. The average Bonchev–Trinajstić information content (AvgIpc) is 2.04. The van der Waals surface area contributed by atoms with E-state index < -0.39 is 11.5 Å². The number of carbonyl (C=O) groups is 1. The Bertz CT molecular complexity index is 161. The maximum absolute atomic E-state index is 11.2. The minimum Gasteiger partial charge on any atom is -0.460 e. The number of thiol groups is 1. The lowest BCUT2D eigenvalue weighted by Gasteiger charge is -2.22. The third kappa shape index (κ3) is 3.42. The summed E-state index contributed by atoms with van der Waals surface area (Å²) in [5.41, 5.74) is 9.82. The number of nitrogens with two attached hydrogens (primary N) is 2. The summed E-state index contributed by atoms with van der Waals surface area (Å²) in [6, 6.07) is 0. The van der Waals surface area contributed by atoms with Gasteiger partial charge in [0.05, 0.1) is 0 Å². The molecule has 0 aromatic rings. The van der Waals surface area contributed by atoms with Crippen molar-refractivity contribution in [2.45, 2.75) is 25.5 Å². The summed E-state index contributed by atoms with van der Waals surface area (Å²) >= 11 is 3.94. The second-order valence-electron chi connectivity index (χ2n) is 3.03. The molecule has 0 heterocycles. The van der Waals surface area contributed by atoms with Crippen molar-refractivity contribution in [1.29, 1.82) is 0 Å². The molecule has 72 valence electrons. The van der Waals surface area contributed by atoms with Gasteiger partial charge in [0.1, 0.15) is 11.6 Å². The number of esters is 1. The SMILES string of the molecule is CC(CN)OC(=O)[C@@](C)(N)CS. The second-order valence-corrected chi connectivity index (χ2v) is 3.34. The predicted molar refractivity (Wildman–Crippen MR) is 51.1 cm³/mol. The number of ether oxygens (including phenoxy) is 1. The maximum Gasteiger partial charge on any atom is 0.326 e. The van der Waals surface area contributed by atoms with E-state index in [0.717, 1.165) is 0 Å². The molecule has 0 bridgehead atoms. The highest BCUT2D eigenvalue weighted by atomic mass is 32.1. The normalized spacial score (nSPS) is 18.1. The quantitative estimate of drug-likeness (QED) is 0.415. The first-order valence-corrected chi connectivity index (χ1v) is 4.38. The van der Waals surface area contributed by atoms with Crippen LogP contribution in [0.4, 0.5) is 0 Å². The Balaban J connectivity index is 4.03. The third-order valence-electron chi connectivity index (χ3n) is 1.43. The van der Waals surface area contributed by atoms with Gasteiger partial charge in [-0.3, -0.25) is 4.79 Å². The zero-order valence-corrected chi connectivity index (χ0v) is 8.30. The fourth-order valence-electron chi connectivity index (χ4n) is 0.430. The highest BCUT2D eigenvalue weighted by Crippen LogP contribution is 2.06. The molecular weight excluding hydrogens is 176 g/mol. The first-order valence-electron chi connectivity index (χ1n) is 3.75. The van der Waals surface area contributed by atoms with Crippen LogP contribution in [-0.2, 0) is 9.53 Å². The summed E-state index contributed by atoms with van der Waals surface area (Å²) in [6.07, 6.45) is -0.291. The van der Waals surface area contributed by atoms with E-state index in [1.165, 1.54) is 0 Å². The Kier molecular flexibility index (Phi) is 4.59. The molecule has 0 amide bonds. The minimum atomic E-state index is -1.02. The maximum atomic E-state index is 11.2. The topological polar surface area (TPSA) is 78.3 Å². The standard InChI is InChI=1S/C7H16N2O2S/c1-5(3-8)11-6(10)7(2,9)4-12/h5,12H,3-4,8-9H2,1-2H3/t5?,7-/m0/s1. The van der Waals surface area contributed by atoms with Crippen molar-refractivity contribution in [3.05, 3.63) is 0 Å². The predicted octanol–water partition coefficient (Wildman–Crippen LogP) is -0.476. The van der Waals surface area contributed by atoms with Gasteiger partial charge in [0, 0.05) is 12.3 Å². The van der Waals surface area contributed by atoms with Crippen molar-refractivity contribution in [2.24, 2.45) is 11.5 Å². The molecule has 0 spiro atoms. The zero-order valence-electron chi connectivity index (χ0n) is 7.41. The van der Waals surface area contributed by atoms with Gasteiger partial charge in [-0.2, -0.15) is 12.6 Å². The summed E-state index contributed by atoms with van der Waals surface area (Å²) in [7, 11) is 0. The van der Waals surface area contributed by atoms with E-state index >= 15 is 0 Å². The van der Waals surface area contributed by atoms with Crippen LogP contribution in [0.1, 0.15) is 13.8 Å². The summed E-state index contributed by atoms with van der Waals surface area (Å²) in [6.45, 7) is 3.59. The number of hydrogen-bond acceptors (Lipinski definition) is 5. The van der Waals surface area contributed by atoms with Gasteiger partial charge in [0.15, 0.2) is 0 Å². The van der Waals surface area contributed by atoms with Gasteiger partial charge in [-0.25, -0.2) is 0 Å². The summed E-state index contributed by atoms with van der Waals surface area (Å²) in [4.78, 5) is 11.2. The number of hydrogen-bond donors (Lipinski definition) is 3. The molecule has 1 unspecified atom stereocenters. The van der Waals surface area contributed by atoms with Crippen LogP contribution >= 0.6 is 12.6 Å². The van der Waals surface area contributed by atoms with Crippen LogP contribution in [0.3, 0.4) is 0 Å². The smallest absolute Gasteiger partial charge is 0.326 e. The number of carbonyl (C=O) groups excluding carboxylic acids is 1. The van der Waals surface area contributed by atoms with Gasteiger partial charge in [0.2, 0.25) is 0 Å². The summed E-state index contributed by atoms with van der Waals surface area (Å²) < 4.78 is 4.92. The van der Waals surface area contributed by atoms with Gasteiger partial charge < -0.3 is 16.2 Å². The summed E-state index contributed by atoms with van der Waals surface area (Å²) in [5, 5.41) is 0. The lowest BCUT2D eigenvalue weighted by Crippen LogP contribution is -2.49. The first-order chi connectivity index (χ1) is 5.44. The molecule has 0 radical (unpaired) electrons. The third-order valence-corrected chi connectivity index (χ3v) is 2.09. The van der Waals surface area contributed by atoms with Gasteiger partial charge in [-0.05, 0) is 13.8 Å². The lowest BCUT2D eigenvalue weighted by atomic mass is 10.1. The van der Waals surface area contributed by atoms with Crippen LogP contribution in [0, 0.1) is 0 Å². The summed E-state index contributed by atoms with van der Waals surface area (Å²) in [5.74, 6) is -0.209. The Morgan fingerprint density at radius 1 is 1.75 bits per heavy atom. The molecule has 2 atom stereocenters. The molecule has 0 aliphatic rings. The molecule has 12 heavy (non-hydrogen) atoms. The van der Waals surface area contributed by atoms with E-state index in [1.807, 2.05) is 0 Å². The highest BCUT2D eigenvalue weighted by molar-refractivity contribution is 7.80. The molecule has 4 nitrogen and oxygen atoms in total.